The van der Waals surface area contributed by atoms with Gasteiger partial charge in [-0.05, 0) is 44.5 Å². The average Bonchev–Trinajstić information content (AvgIpc) is 2.49. The van der Waals surface area contributed by atoms with Gasteiger partial charge in [0.1, 0.15) is 11.5 Å². The monoisotopic (exact) mass is 331 g/mol. The number of ether oxygens (including phenoxy) is 2. The molecule has 0 amide bonds. The molecule has 0 aromatic heterocycles. The maximum Gasteiger partial charge on any atom is 0.392 e. The smallest absolute Gasteiger partial charge is 0.392 e. The van der Waals surface area contributed by atoms with Gasteiger partial charge in [-0.15, -0.1) is 0 Å². The summed E-state index contributed by atoms with van der Waals surface area (Å²) in [5.41, 5.74) is 2.06. The maximum atomic E-state index is 12.2. The molecule has 1 aromatic rings. The van der Waals surface area contributed by atoms with Crippen LogP contribution in [0.2, 0.25) is 0 Å². The van der Waals surface area contributed by atoms with Crippen molar-refractivity contribution in [1.82, 2.24) is 4.90 Å². The molecule has 2 rings (SSSR count). The summed E-state index contributed by atoms with van der Waals surface area (Å²) in [5, 5.41) is 0. The number of nitrogens with zero attached hydrogens (tertiary/aromatic N) is 1. The number of piperidine rings is 1. The Kier molecular flexibility index (Phi) is 6.16. The Labute approximate surface area is 135 Å². The highest BCUT2D eigenvalue weighted by atomic mass is 19.4. The van der Waals surface area contributed by atoms with E-state index < -0.39 is 12.6 Å². The highest BCUT2D eigenvalue weighted by molar-refractivity contribution is 5.46. The van der Waals surface area contributed by atoms with Crippen molar-refractivity contribution < 1.29 is 22.6 Å². The summed E-state index contributed by atoms with van der Waals surface area (Å²) in [6, 6.07) is 3.47. The molecular weight excluding hydrogens is 307 g/mol. The lowest BCUT2D eigenvalue weighted by atomic mass is 10.0. The van der Waals surface area contributed by atoms with Gasteiger partial charge in [0.05, 0.1) is 20.1 Å². The third kappa shape index (κ3) is 5.61. The van der Waals surface area contributed by atoms with E-state index in [1.54, 1.807) is 19.2 Å². The number of hydrogen-bond acceptors (Lipinski definition) is 3. The first-order valence-electron chi connectivity index (χ1n) is 7.98. The van der Waals surface area contributed by atoms with Gasteiger partial charge in [0.15, 0.2) is 0 Å². The van der Waals surface area contributed by atoms with E-state index in [9.17, 15) is 13.2 Å². The third-order valence-electron chi connectivity index (χ3n) is 4.11. The second-order valence-electron chi connectivity index (χ2n) is 5.97. The van der Waals surface area contributed by atoms with Crippen LogP contribution in [0.25, 0.3) is 0 Å². The van der Waals surface area contributed by atoms with Gasteiger partial charge < -0.3 is 9.47 Å². The fourth-order valence-corrected chi connectivity index (χ4v) is 2.85. The number of hydrogen-bond donors (Lipinski definition) is 0. The van der Waals surface area contributed by atoms with Crippen molar-refractivity contribution in [2.75, 3.05) is 26.8 Å². The number of methoxy groups -OCH3 is 1. The molecule has 1 aliphatic rings. The maximum absolute atomic E-state index is 12.2. The van der Waals surface area contributed by atoms with Crippen molar-refractivity contribution in [3.63, 3.8) is 0 Å². The molecule has 0 radical (unpaired) electrons. The van der Waals surface area contributed by atoms with E-state index in [4.69, 9.17) is 9.47 Å². The van der Waals surface area contributed by atoms with E-state index in [2.05, 4.69) is 4.90 Å². The highest BCUT2D eigenvalue weighted by Gasteiger charge is 2.27. The van der Waals surface area contributed by atoms with Crippen molar-refractivity contribution in [3.05, 3.63) is 23.3 Å². The van der Waals surface area contributed by atoms with Crippen LogP contribution in [0.3, 0.4) is 0 Å². The van der Waals surface area contributed by atoms with Gasteiger partial charge in [-0.2, -0.15) is 13.2 Å². The van der Waals surface area contributed by atoms with Crippen LogP contribution in [0, 0.1) is 6.92 Å². The van der Waals surface area contributed by atoms with Gasteiger partial charge >= 0.3 is 6.18 Å². The first kappa shape index (κ1) is 17.9. The third-order valence-corrected chi connectivity index (χ3v) is 4.11. The van der Waals surface area contributed by atoms with Crippen molar-refractivity contribution >= 4 is 0 Å². The summed E-state index contributed by atoms with van der Waals surface area (Å²) < 4.78 is 47.3. The van der Waals surface area contributed by atoms with Crippen LogP contribution in [-0.4, -0.2) is 37.9 Å². The number of aryl methyl sites for hydroxylation is 1. The molecule has 0 unspecified atom stereocenters. The molecule has 0 saturated carbocycles. The lowest BCUT2D eigenvalue weighted by molar-refractivity contribution is -0.139. The minimum atomic E-state index is -4.20. The SMILES string of the molecule is COc1cc(OCCC(F)(F)F)cc(C)c1CN1CCCCC1. The van der Waals surface area contributed by atoms with Crippen molar-refractivity contribution in [3.8, 4) is 11.5 Å². The van der Waals surface area contributed by atoms with E-state index >= 15 is 0 Å². The predicted octanol–water partition coefficient (Wildman–Crippen LogP) is 4.32. The molecular formula is C17H24F3NO2. The molecule has 1 aromatic carbocycles. The Morgan fingerprint density at radius 3 is 2.43 bits per heavy atom. The molecule has 3 nitrogen and oxygen atoms in total. The molecule has 23 heavy (non-hydrogen) atoms. The number of alkyl halides is 3. The fraction of sp³-hybridized carbons (Fsp3) is 0.647. The van der Waals surface area contributed by atoms with Gasteiger partial charge in [0.25, 0.3) is 0 Å². The Morgan fingerprint density at radius 1 is 1.13 bits per heavy atom. The minimum absolute atomic E-state index is 0.377. The van der Waals surface area contributed by atoms with E-state index in [-0.39, 0.29) is 6.61 Å². The van der Waals surface area contributed by atoms with Crippen LogP contribution in [0.1, 0.15) is 36.8 Å². The average molecular weight is 331 g/mol. The quantitative estimate of drug-likeness (QED) is 0.775. The lowest BCUT2D eigenvalue weighted by Gasteiger charge is -2.28. The number of benzene rings is 1. The lowest BCUT2D eigenvalue weighted by Crippen LogP contribution is -2.29. The summed E-state index contributed by atoms with van der Waals surface area (Å²) in [5.74, 6) is 1.10. The zero-order valence-electron chi connectivity index (χ0n) is 13.7. The molecule has 1 heterocycles. The summed E-state index contributed by atoms with van der Waals surface area (Å²) in [4.78, 5) is 2.39. The molecule has 1 fully saturated rings. The Morgan fingerprint density at radius 2 is 1.83 bits per heavy atom. The molecule has 1 saturated heterocycles. The van der Waals surface area contributed by atoms with Gasteiger partial charge in [-0.25, -0.2) is 0 Å². The molecule has 0 bridgehead atoms. The van der Waals surface area contributed by atoms with Crippen molar-refractivity contribution in [2.45, 2.75) is 45.3 Å². The highest BCUT2D eigenvalue weighted by Crippen LogP contribution is 2.31. The molecule has 130 valence electrons. The molecule has 0 spiro atoms. The zero-order valence-corrected chi connectivity index (χ0v) is 13.7. The second-order valence-corrected chi connectivity index (χ2v) is 5.97. The fourth-order valence-electron chi connectivity index (χ4n) is 2.85. The zero-order chi connectivity index (χ0) is 16.9. The van der Waals surface area contributed by atoms with Crippen molar-refractivity contribution in [2.24, 2.45) is 0 Å². The van der Waals surface area contributed by atoms with Crippen LogP contribution >= 0.6 is 0 Å². The van der Waals surface area contributed by atoms with Gasteiger partial charge in [-0.1, -0.05) is 6.42 Å². The summed E-state index contributed by atoms with van der Waals surface area (Å²) >= 11 is 0. The number of likely N-dealkylation sites (tertiary alicyclic amines) is 1. The van der Waals surface area contributed by atoms with E-state index in [0.717, 1.165) is 30.8 Å². The van der Waals surface area contributed by atoms with Gasteiger partial charge in [-0.3, -0.25) is 4.90 Å². The Bertz CT molecular complexity index is 511. The standard InChI is InChI=1S/C17H24F3NO2/c1-13-10-14(23-9-6-17(18,19)20)11-16(22-2)15(13)12-21-7-4-3-5-8-21/h10-11H,3-9,12H2,1-2H3. The van der Waals surface area contributed by atoms with Crippen LogP contribution < -0.4 is 9.47 Å². The topological polar surface area (TPSA) is 21.7 Å². The van der Waals surface area contributed by atoms with Crippen molar-refractivity contribution in [1.29, 1.82) is 0 Å². The summed E-state index contributed by atoms with van der Waals surface area (Å²) in [6.07, 6.45) is -1.46. The molecule has 0 aliphatic carbocycles. The van der Waals surface area contributed by atoms with Gasteiger partial charge in [0.2, 0.25) is 0 Å². The Balaban J connectivity index is 2.05. The first-order chi connectivity index (χ1) is 10.9. The normalized spacial score (nSPS) is 16.4. The molecule has 1 aliphatic heterocycles. The predicted molar refractivity (Wildman–Crippen MR) is 83.0 cm³/mol. The van der Waals surface area contributed by atoms with Crippen LogP contribution in [-0.2, 0) is 6.54 Å². The molecule has 0 N–H and O–H groups in total. The van der Waals surface area contributed by atoms with E-state index in [0.29, 0.717) is 11.5 Å². The van der Waals surface area contributed by atoms with Crippen LogP contribution in [0.15, 0.2) is 12.1 Å². The Hall–Kier alpha value is -1.43. The summed E-state index contributed by atoms with van der Waals surface area (Å²) in [6.45, 7) is 4.52. The molecule has 6 heteroatoms. The number of rotatable bonds is 6. The van der Waals surface area contributed by atoms with Crippen LogP contribution in [0.5, 0.6) is 11.5 Å². The second kappa shape index (κ2) is 7.90. The molecule has 0 atom stereocenters. The largest absolute Gasteiger partial charge is 0.496 e. The number of halogens is 3. The van der Waals surface area contributed by atoms with Crippen LogP contribution in [0.4, 0.5) is 13.2 Å². The van der Waals surface area contributed by atoms with Gasteiger partial charge in [0, 0.05) is 18.2 Å². The van der Waals surface area contributed by atoms with E-state index in [1.807, 2.05) is 6.92 Å². The summed E-state index contributed by atoms with van der Waals surface area (Å²) in [7, 11) is 1.58. The minimum Gasteiger partial charge on any atom is -0.496 e. The van der Waals surface area contributed by atoms with E-state index in [1.165, 1.54) is 19.3 Å². The first-order valence-corrected chi connectivity index (χ1v) is 7.98.